The number of carbonyl (C=O) groups excluding carboxylic acids is 1. The molecule has 2 heterocycles. The Hall–Kier alpha value is -4.08. The van der Waals surface area contributed by atoms with Crippen LogP contribution < -0.4 is 18.5 Å². The first-order chi connectivity index (χ1) is 21.0. The van der Waals surface area contributed by atoms with Crippen LogP contribution in [0.1, 0.15) is 24.5 Å². The first-order valence-corrected chi connectivity index (χ1v) is 15.0. The molecule has 3 aromatic rings. The molecule has 0 saturated carbocycles. The molecule has 1 N–H and O–H groups in total. The SMILES string of the molecule is COc1ccc(S(=O)(=O)N2C(=O)C(c3ccccc3OC)(N3C[C@@H](F)C[C@@]3(C)C(=O)O)c3cc(Cl)ccc32)c(OC(F)(F)F)c1. The van der Waals surface area contributed by atoms with Gasteiger partial charge in [0.25, 0.3) is 15.9 Å². The molecule has 3 atom stereocenters. The number of alkyl halides is 4. The maximum Gasteiger partial charge on any atom is 0.573 e. The summed E-state index contributed by atoms with van der Waals surface area (Å²) in [6.45, 7) is 0.552. The van der Waals surface area contributed by atoms with Crippen LogP contribution in [0.25, 0.3) is 0 Å². The zero-order chi connectivity index (χ0) is 33.1. The fourth-order valence-electron chi connectivity index (χ4n) is 6.04. The van der Waals surface area contributed by atoms with E-state index in [-0.39, 0.29) is 37.6 Å². The van der Waals surface area contributed by atoms with Gasteiger partial charge in [-0.1, -0.05) is 29.8 Å². The van der Waals surface area contributed by atoms with Crippen LogP contribution in [0.15, 0.2) is 65.6 Å². The van der Waals surface area contributed by atoms with Crippen LogP contribution in [-0.2, 0) is 25.2 Å². The number of carboxylic acid groups (broad SMARTS) is 1. The number of benzene rings is 3. The molecule has 1 amide bonds. The van der Waals surface area contributed by atoms with Crippen molar-refractivity contribution in [2.75, 3.05) is 25.1 Å². The second-order valence-electron chi connectivity index (χ2n) is 10.5. The van der Waals surface area contributed by atoms with Crippen LogP contribution in [0, 0.1) is 0 Å². The number of hydrogen-bond acceptors (Lipinski definition) is 8. The zero-order valence-electron chi connectivity index (χ0n) is 23.8. The normalized spacial score (nSPS) is 23.6. The predicted molar refractivity (Wildman–Crippen MR) is 152 cm³/mol. The predicted octanol–water partition coefficient (Wildman–Crippen LogP) is 5.12. The average Bonchev–Trinajstić information content (AvgIpc) is 3.42. The summed E-state index contributed by atoms with van der Waals surface area (Å²) in [5.41, 5.74) is -5.08. The molecule has 2 aliphatic rings. The van der Waals surface area contributed by atoms with Gasteiger partial charge in [0.1, 0.15) is 28.1 Å². The Bertz CT molecular complexity index is 1810. The molecule has 240 valence electrons. The van der Waals surface area contributed by atoms with Crippen molar-refractivity contribution in [2.24, 2.45) is 0 Å². The van der Waals surface area contributed by atoms with E-state index in [9.17, 15) is 31.5 Å². The lowest BCUT2D eigenvalue weighted by molar-refractivity contribution is -0.275. The number of carboxylic acids is 1. The van der Waals surface area contributed by atoms with E-state index in [1.807, 2.05) is 0 Å². The summed E-state index contributed by atoms with van der Waals surface area (Å²) in [7, 11) is -2.89. The minimum absolute atomic E-state index is 0.00126. The maximum atomic E-state index is 15.3. The molecule has 45 heavy (non-hydrogen) atoms. The van der Waals surface area contributed by atoms with E-state index in [2.05, 4.69) is 4.74 Å². The highest BCUT2D eigenvalue weighted by Gasteiger charge is 2.67. The van der Waals surface area contributed by atoms with Crippen molar-refractivity contribution in [3.8, 4) is 17.2 Å². The summed E-state index contributed by atoms with van der Waals surface area (Å²) in [5.74, 6) is -4.21. The van der Waals surface area contributed by atoms with Crippen molar-refractivity contribution in [2.45, 2.75) is 41.9 Å². The van der Waals surface area contributed by atoms with E-state index in [0.29, 0.717) is 6.07 Å². The first kappa shape index (κ1) is 32.3. The molecule has 5 rings (SSSR count). The molecule has 1 fully saturated rings. The number of carbonyl (C=O) groups is 2. The molecule has 0 aromatic heterocycles. The molecule has 0 aliphatic carbocycles. The number of aliphatic carboxylic acids is 1. The fourth-order valence-corrected chi connectivity index (χ4v) is 7.77. The lowest BCUT2D eigenvalue weighted by Crippen LogP contribution is -2.62. The number of methoxy groups -OCH3 is 2. The summed E-state index contributed by atoms with van der Waals surface area (Å²) >= 11 is 6.36. The van der Waals surface area contributed by atoms with Gasteiger partial charge < -0.3 is 19.3 Å². The average molecular weight is 673 g/mol. The van der Waals surface area contributed by atoms with Crippen molar-refractivity contribution in [3.63, 3.8) is 0 Å². The number of ether oxygens (including phenoxy) is 3. The van der Waals surface area contributed by atoms with Crippen LogP contribution in [-0.4, -0.2) is 69.1 Å². The number of amides is 1. The van der Waals surface area contributed by atoms with Gasteiger partial charge >= 0.3 is 12.3 Å². The quantitative estimate of drug-likeness (QED) is 0.325. The van der Waals surface area contributed by atoms with Crippen molar-refractivity contribution >= 4 is 39.2 Å². The molecule has 0 radical (unpaired) electrons. The van der Waals surface area contributed by atoms with Crippen LogP contribution in [0.4, 0.5) is 23.2 Å². The molecule has 2 aliphatic heterocycles. The van der Waals surface area contributed by atoms with Gasteiger partial charge in [0.05, 0.1) is 19.9 Å². The monoisotopic (exact) mass is 672 g/mol. The molecular formula is C29H25ClF4N2O8S. The molecule has 16 heteroatoms. The summed E-state index contributed by atoms with van der Waals surface area (Å²) in [6.07, 6.45) is -7.68. The highest BCUT2D eigenvalue weighted by molar-refractivity contribution is 7.93. The second-order valence-corrected chi connectivity index (χ2v) is 12.7. The van der Waals surface area contributed by atoms with Crippen molar-refractivity contribution in [1.29, 1.82) is 0 Å². The first-order valence-electron chi connectivity index (χ1n) is 13.1. The molecule has 10 nitrogen and oxygen atoms in total. The van der Waals surface area contributed by atoms with Gasteiger partial charge in [0.2, 0.25) is 0 Å². The summed E-state index contributed by atoms with van der Waals surface area (Å²) in [5, 5.41) is 10.4. The third-order valence-electron chi connectivity index (χ3n) is 7.91. The Morgan fingerprint density at radius 1 is 1.02 bits per heavy atom. The van der Waals surface area contributed by atoms with E-state index in [0.717, 1.165) is 30.2 Å². The summed E-state index contributed by atoms with van der Waals surface area (Å²) < 4.78 is 99.1. The number of para-hydroxylation sites is 1. The number of hydrogen-bond donors (Lipinski definition) is 1. The third-order valence-corrected chi connectivity index (χ3v) is 9.89. The number of likely N-dealkylation sites (tertiary alicyclic amines) is 1. The molecule has 1 unspecified atom stereocenters. The van der Waals surface area contributed by atoms with E-state index in [4.69, 9.17) is 21.1 Å². The molecule has 3 aromatic carbocycles. The van der Waals surface area contributed by atoms with Crippen molar-refractivity contribution < 1.29 is 54.9 Å². The van der Waals surface area contributed by atoms with E-state index in [1.54, 1.807) is 6.07 Å². The maximum absolute atomic E-state index is 15.3. The highest BCUT2D eigenvalue weighted by Crippen LogP contribution is 2.57. The Labute approximate surface area is 259 Å². The Kier molecular flexibility index (Phi) is 7.95. The minimum Gasteiger partial charge on any atom is -0.497 e. The van der Waals surface area contributed by atoms with Gasteiger partial charge in [-0.3, -0.25) is 14.5 Å². The fraction of sp³-hybridized carbons (Fsp3) is 0.310. The lowest BCUT2D eigenvalue weighted by atomic mass is 9.79. The van der Waals surface area contributed by atoms with Gasteiger partial charge in [0, 0.05) is 35.2 Å². The largest absolute Gasteiger partial charge is 0.573 e. The van der Waals surface area contributed by atoms with Crippen LogP contribution in [0.2, 0.25) is 5.02 Å². The number of fused-ring (bicyclic) bond motifs is 1. The van der Waals surface area contributed by atoms with Crippen LogP contribution >= 0.6 is 11.6 Å². The second kappa shape index (κ2) is 11.1. The lowest BCUT2D eigenvalue weighted by Gasteiger charge is -2.45. The highest BCUT2D eigenvalue weighted by atomic mass is 35.5. The Morgan fingerprint density at radius 2 is 1.71 bits per heavy atom. The Balaban J connectivity index is 1.88. The molecule has 1 saturated heterocycles. The van der Waals surface area contributed by atoms with Gasteiger partial charge in [-0.15, -0.1) is 13.2 Å². The number of nitrogens with zero attached hydrogens (tertiary/aromatic N) is 2. The number of anilines is 1. The Morgan fingerprint density at radius 3 is 2.33 bits per heavy atom. The topological polar surface area (TPSA) is 123 Å². The van der Waals surface area contributed by atoms with Gasteiger partial charge in [-0.2, -0.15) is 0 Å². The van der Waals surface area contributed by atoms with Gasteiger partial charge in [-0.25, -0.2) is 17.1 Å². The van der Waals surface area contributed by atoms with Crippen LogP contribution in [0.3, 0.4) is 0 Å². The van der Waals surface area contributed by atoms with Crippen molar-refractivity contribution in [1.82, 2.24) is 4.90 Å². The van der Waals surface area contributed by atoms with Crippen molar-refractivity contribution in [3.05, 3.63) is 76.8 Å². The zero-order valence-corrected chi connectivity index (χ0v) is 25.3. The number of halogens is 5. The van der Waals surface area contributed by atoms with E-state index < -0.39 is 69.1 Å². The molecule has 0 spiro atoms. The summed E-state index contributed by atoms with van der Waals surface area (Å²) in [4.78, 5) is 27.7. The number of sulfonamides is 1. The summed E-state index contributed by atoms with van der Waals surface area (Å²) in [6, 6.07) is 12.0. The number of rotatable bonds is 8. The van der Waals surface area contributed by atoms with Gasteiger partial charge in [-0.05, 0) is 43.3 Å². The minimum atomic E-state index is -5.34. The molecular weight excluding hydrogens is 648 g/mol. The van der Waals surface area contributed by atoms with E-state index in [1.165, 1.54) is 44.4 Å². The molecule has 0 bridgehead atoms. The standard InChI is InChI=1S/C29H25ClF4N2O8S/c1-27(26(38)39)14-17(31)15-35(27)28(19-6-4-5-7-22(19)43-3)20-12-16(30)8-10-21(20)36(25(28)37)45(40,41)24-11-9-18(42-2)13-23(24)44-29(32,33)34/h4-13,17H,14-15H2,1-3H3,(H,38,39)/t17-,27-,28?/m0/s1. The van der Waals surface area contributed by atoms with E-state index >= 15 is 9.18 Å². The van der Waals surface area contributed by atoms with Crippen LogP contribution in [0.5, 0.6) is 17.2 Å². The smallest absolute Gasteiger partial charge is 0.497 e. The van der Waals surface area contributed by atoms with Gasteiger partial charge in [0.15, 0.2) is 11.3 Å². The third kappa shape index (κ3) is 5.02.